The molecular formula is C4H8NO. The van der Waals surface area contributed by atoms with Crippen LogP contribution in [-0.2, 0) is 4.84 Å². The topological polar surface area (TPSA) is 15.5 Å². The average Bonchev–Trinajstić information content (AvgIpc) is 2.06. The van der Waals surface area contributed by atoms with Crippen LogP contribution in [0, 0.1) is 6.73 Å². The Kier molecular flexibility index (Phi) is 0.821. The van der Waals surface area contributed by atoms with Crippen LogP contribution in [0.5, 0.6) is 0 Å². The second kappa shape index (κ2) is 1.21. The molecule has 0 aromatic rings. The molecule has 0 spiro atoms. The van der Waals surface area contributed by atoms with E-state index in [-0.39, 0.29) is 0 Å². The Labute approximate surface area is 37.7 Å². The van der Waals surface area contributed by atoms with Crippen molar-refractivity contribution in [1.29, 1.82) is 0 Å². The molecule has 6 heavy (non-hydrogen) atoms. The summed E-state index contributed by atoms with van der Waals surface area (Å²) in [5.41, 5.74) is 0. The van der Waals surface area contributed by atoms with E-state index in [9.17, 15) is 0 Å². The van der Waals surface area contributed by atoms with Gasteiger partial charge in [0.1, 0.15) is 0 Å². The fraction of sp³-hybridized carbons (Fsp3) is 0.750. The summed E-state index contributed by atoms with van der Waals surface area (Å²) in [7, 11) is 0. The van der Waals surface area contributed by atoms with Crippen molar-refractivity contribution in [3.8, 4) is 0 Å². The summed E-state index contributed by atoms with van der Waals surface area (Å²) in [4.78, 5) is 4.68. The third kappa shape index (κ3) is 0.698. The highest BCUT2D eigenvalue weighted by molar-refractivity contribution is 4.64. The molecule has 0 aromatic heterocycles. The largest absolute Gasteiger partial charge is 0.270 e. The Morgan fingerprint density at radius 1 is 1.67 bits per heavy atom. The molecule has 1 aliphatic heterocycles. The average molecular weight is 86.1 g/mol. The van der Waals surface area contributed by atoms with Gasteiger partial charge >= 0.3 is 0 Å². The molecule has 1 saturated heterocycles. The molecule has 0 aliphatic carbocycles. The van der Waals surface area contributed by atoms with Crippen molar-refractivity contribution in [2.24, 2.45) is 0 Å². The lowest BCUT2D eigenvalue weighted by molar-refractivity contribution is 0.165. The van der Waals surface area contributed by atoms with Crippen LogP contribution in [0.3, 0.4) is 0 Å². The summed E-state index contributed by atoms with van der Waals surface area (Å²) < 4.78 is 0. The van der Waals surface area contributed by atoms with Crippen molar-refractivity contribution in [2.75, 3.05) is 0 Å². The highest BCUT2D eigenvalue weighted by atomic mass is 16.8. The molecule has 1 fully saturated rings. The second-order valence-corrected chi connectivity index (χ2v) is 1.66. The van der Waals surface area contributed by atoms with Crippen molar-refractivity contribution in [2.45, 2.75) is 19.9 Å². The molecule has 1 radical (unpaired) electrons. The van der Waals surface area contributed by atoms with Gasteiger partial charge < -0.3 is 0 Å². The minimum atomic E-state index is 0.519. The van der Waals surface area contributed by atoms with E-state index in [0.29, 0.717) is 6.04 Å². The third-order valence-electron chi connectivity index (χ3n) is 0.736. The van der Waals surface area contributed by atoms with Crippen molar-refractivity contribution >= 4 is 0 Å². The molecule has 1 heterocycles. The van der Waals surface area contributed by atoms with Crippen molar-refractivity contribution < 1.29 is 4.84 Å². The van der Waals surface area contributed by atoms with Gasteiger partial charge in [0.25, 0.3) is 0 Å². The van der Waals surface area contributed by atoms with Gasteiger partial charge in [0.05, 0.1) is 0 Å². The van der Waals surface area contributed by atoms with Crippen molar-refractivity contribution in [3.05, 3.63) is 6.73 Å². The Bertz CT molecular complexity index is 49.5. The van der Waals surface area contributed by atoms with E-state index in [1.54, 1.807) is 11.8 Å². The molecule has 2 heteroatoms. The zero-order valence-corrected chi connectivity index (χ0v) is 4.01. The fourth-order valence-electron chi connectivity index (χ4n) is 0.271. The lowest BCUT2D eigenvalue weighted by atomic mass is 10.4. The normalized spacial score (nSPS) is 31.5. The number of rotatable bonds is 1. The maximum atomic E-state index is 4.68. The molecule has 1 unspecified atom stereocenters. The fourth-order valence-corrected chi connectivity index (χ4v) is 0.271. The van der Waals surface area contributed by atoms with E-state index in [1.165, 1.54) is 0 Å². The summed E-state index contributed by atoms with van der Waals surface area (Å²) in [6.07, 6.45) is 0. The molecule has 0 amide bonds. The van der Waals surface area contributed by atoms with E-state index >= 15 is 0 Å². The van der Waals surface area contributed by atoms with Crippen LogP contribution in [0.1, 0.15) is 13.8 Å². The molecule has 0 saturated carbocycles. The lowest BCUT2D eigenvalue weighted by Crippen LogP contribution is -2.05. The first-order valence-electron chi connectivity index (χ1n) is 2.09. The van der Waals surface area contributed by atoms with Gasteiger partial charge in [-0.1, -0.05) is 0 Å². The molecule has 0 N–H and O–H groups in total. The predicted octanol–water partition coefficient (Wildman–Crippen LogP) is 0.761. The Hall–Kier alpha value is -0.0800. The Morgan fingerprint density at radius 3 is 2.17 bits per heavy atom. The molecule has 35 valence electrons. The van der Waals surface area contributed by atoms with Crippen LogP contribution in [0.25, 0.3) is 0 Å². The molecule has 0 aromatic carbocycles. The van der Waals surface area contributed by atoms with Crippen LogP contribution in [0.15, 0.2) is 0 Å². The second-order valence-electron chi connectivity index (χ2n) is 1.66. The summed E-state index contributed by atoms with van der Waals surface area (Å²) in [6.45, 7) is 5.84. The van der Waals surface area contributed by atoms with Crippen molar-refractivity contribution in [3.63, 3.8) is 0 Å². The summed E-state index contributed by atoms with van der Waals surface area (Å²) in [5, 5.41) is 1.79. The van der Waals surface area contributed by atoms with Gasteiger partial charge in [-0.25, -0.2) is 0 Å². The van der Waals surface area contributed by atoms with E-state index in [0.717, 1.165) is 0 Å². The molecule has 1 atom stereocenters. The first kappa shape index (κ1) is 4.09. The van der Waals surface area contributed by atoms with Gasteiger partial charge in [-0.2, -0.15) is 0 Å². The standard InChI is InChI=1S/C4H8NO/c1-4(2)5-3-6-5/h3-4H,1-2H3. The smallest absolute Gasteiger partial charge is 0.198 e. The monoisotopic (exact) mass is 86.1 g/mol. The maximum absolute atomic E-state index is 4.68. The molecular weight excluding hydrogens is 78.0 g/mol. The number of hydrogen-bond donors (Lipinski definition) is 0. The number of hydrogen-bond acceptors (Lipinski definition) is 2. The minimum Gasteiger partial charge on any atom is -0.270 e. The van der Waals surface area contributed by atoms with Gasteiger partial charge in [-0.15, -0.1) is 5.06 Å². The quantitative estimate of drug-likeness (QED) is 0.438. The van der Waals surface area contributed by atoms with Gasteiger partial charge in [0.2, 0.25) is 0 Å². The minimum absolute atomic E-state index is 0.519. The van der Waals surface area contributed by atoms with Crippen molar-refractivity contribution in [1.82, 2.24) is 5.06 Å². The molecule has 1 rings (SSSR count). The van der Waals surface area contributed by atoms with Crippen LogP contribution in [0.4, 0.5) is 0 Å². The molecule has 1 aliphatic rings. The van der Waals surface area contributed by atoms with E-state index in [4.69, 9.17) is 0 Å². The predicted molar refractivity (Wildman–Crippen MR) is 22.4 cm³/mol. The van der Waals surface area contributed by atoms with Gasteiger partial charge in [0.15, 0.2) is 6.73 Å². The lowest BCUT2D eigenvalue weighted by Gasteiger charge is -1.94. The van der Waals surface area contributed by atoms with Crippen LogP contribution in [-0.4, -0.2) is 11.1 Å². The first-order valence-corrected chi connectivity index (χ1v) is 2.09. The van der Waals surface area contributed by atoms with E-state index in [1.807, 2.05) is 0 Å². The number of hydroxylamine groups is 2. The highest BCUT2D eigenvalue weighted by Gasteiger charge is 2.23. The van der Waals surface area contributed by atoms with Crippen LogP contribution < -0.4 is 0 Å². The first-order chi connectivity index (χ1) is 2.80. The van der Waals surface area contributed by atoms with Gasteiger partial charge in [0, 0.05) is 6.04 Å². The highest BCUT2D eigenvalue weighted by Crippen LogP contribution is 2.16. The Balaban J connectivity index is 2.13. The van der Waals surface area contributed by atoms with Crippen LogP contribution >= 0.6 is 0 Å². The molecule has 0 bridgehead atoms. The SMILES string of the molecule is CC(C)N1[CH]O1. The number of nitrogens with zero attached hydrogens (tertiary/aromatic N) is 1. The summed E-state index contributed by atoms with van der Waals surface area (Å²) >= 11 is 0. The zero-order valence-electron chi connectivity index (χ0n) is 4.01. The van der Waals surface area contributed by atoms with E-state index in [2.05, 4.69) is 18.7 Å². The van der Waals surface area contributed by atoms with E-state index < -0.39 is 0 Å². The van der Waals surface area contributed by atoms with Gasteiger partial charge in [-0.3, -0.25) is 4.84 Å². The summed E-state index contributed by atoms with van der Waals surface area (Å²) in [5.74, 6) is 0. The summed E-state index contributed by atoms with van der Waals surface area (Å²) in [6, 6.07) is 0.519. The zero-order chi connectivity index (χ0) is 4.57. The Morgan fingerprint density at radius 2 is 2.17 bits per heavy atom. The van der Waals surface area contributed by atoms with Gasteiger partial charge in [-0.05, 0) is 13.8 Å². The maximum Gasteiger partial charge on any atom is 0.198 e. The molecule has 2 nitrogen and oxygen atoms in total. The van der Waals surface area contributed by atoms with Crippen LogP contribution in [0.2, 0.25) is 0 Å². The third-order valence-corrected chi connectivity index (χ3v) is 0.736.